The second-order valence-electron chi connectivity index (χ2n) is 8.27. The fraction of sp³-hybridized carbons (Fsp3) is 0.667. The Morgan fingerprint density at radius 3 is 2.31 bits per heavy atom. The summed E-state index contributed by atoms with van der Waals surface area (Å²) in [5, 5.41) is 3.17. The molecule has 1 aliphatic carbocycles. The van der Waals surface area contributed by atoms with Crippen LogP contribution in [0.15, 0.2) is 24.5 Å². The van der Waals surface area contributed by atoms with E-state index in [0.717, 1.165) is 32.1 Å². The van der Waals surface area contributed by atoms with Crippen LogP contribution in [0.1, 0.15) is 74.6 Å². The topological polar surface area (TPSA) is 62.3 Å². The molecule has 0 spiro atoms. The van der Waals surface area contributed by atoms with E-state index in [-0.39, 0.29) is 11.9 Å². The fourth-order valence-corrected chi connectivity index (χ4v) is 5.22. The van der Waals surface area contributed by atoms with E-state index < -0.39 is 0 Å². The third-order valence-corrected chi connectivity index (χ3v) is 6.49. The van der Waals surface area contributed by atoms with Gasteiger partial charge in [0, 0.05) is 42.5 Å². The van der Waals surface area contributed by atoms with Gasteiger partial charge in [0.1, 0.15) is 0 Å². The molecule has 26 heavy (non-hydrogen) atoms. The zero-order valence-corrected chi connectivity index (χ0v) is 15.4. The molecule has 140 valence electrons. The molecule has 1 saturated carbocycles. The number of piperidine rings is 1. The number of nitrogens with one attached hydrogen (secondary N) is 1. The van der Waals surface area contributed by atoms with Crippen LogP contribution in [0.2, 0.25) is 0 Å². The van der Waals surface area contributed by atoms with Crippen molar-refractivity contribution in [3.63, 3.8) is 0 Å². The first-order chi connectivity index (χ1) is 12.7. The zero-order chi connectivity index (χ0) is 17.9. The Bertz CT molecular complexity index is 628. The lowest BCUT2D eigenvalue weighted by Crippen LogP contribution is -2.52. The number of hydrogen-bond donors (Lipinski definition) is 1. The third-order valence-electron chi connectivity index (χ3n) is 6.49. The van der Waals surface area contributed by atoms with Crippen LogP contribution in [-0.2, 0) is 4.79 Å². The molecule has 3 fully saturated rings. The Balaban J connectivity index is 1.33. The average Bonchev–Trinajstić information content (AvgIpc) is 2.94. The Kier molecular flexibility index (Phi) is 5.23. The lowest BCUT2D eigenvalue weighted by atomic mass is 9.86. The highest BCUT2D eigenvalue weighted by molar-refractivity contribution is 5.94. The molecule has 3 heterocycles. The molecule has 1 aromatic heterocycles. The molecule has 5 heteroatoms. The minimum atomic E-state index is -0.0289. The van der Waals surface area contributed by atoms with Crippen LogP contribution < -0.4 is 5.32 Å². The van der Waals surface area contributed by atoms with Crippen LogP contribution in [0, 0.1) is 5.92 Å². The van der Waals surface area contributed by atoms with E-state index in [4.69, 9.17) is 0 Å². The van der Waals surface area contributed by atoms with Crippen LogP contribution >= 0.6 is 0 Å². The predicted octanol–water partition coefficient (Wildman–Crippen LogP) is 3.30. The second-order valence-corrected chi connectivity index (χ2v) is 8.27. The number of carbonyl (C=O) groups excluding carboxylic acids is 2. The smallest absolute Gasteiger partial charge is 0.251 e. The van der Waals surface area contributed by atoms with Gasteiger partial charge in [0.2, 0.25) is 5.91 Å². The van der Waals surface area contributed by atoms with Crippen molar-refractivity contribution in [1.29, 1.82) is 0 Å². The number of rotatable bonds is 4. The highest BCUT2D eigenvalue weighted by Crippen LogP contribution is 2.37. The number of aromatic nitrogens is 1. The van der Waals surface area contributed by atoms with E-state index in [1.54, 1.807) is 24.5 Å². The molecule has 3 atom stereocenters. The van der Waals surface area contributed by atoms with E-state index in [9.17, 15) is 9.59 Å². The van der Waals surface area contributed by atoms with Gasteiger partial charge in [-0.1, -0.05) is 19.3 Å². The largest absolute Gasteiger partial charge is 0.349 e. The zero-order valence-electron chi connectivity index (χ0n) is 15.4. The maximum absolute atomic E-state index is 12.9. The van der Waals surface area contributed by atoms with Crippen molar-refractivity contribution in [1.82, 2.24) is 15.2 Å². The number of nitrogens with zero attached hydrogens (tertiary/aromatic N) is 2. The van der Waals surface area contributed by atoms with Crippen LogP contribution in [-0.4, -0.2) is 39.8 Å². The van der Waals surface area contributed by atoms with Gasteiger partial charge in [0.05, 0.1) is 0 Å². The van der Waals surface area contributed by atoms with Gasteiger partial charge in [0.15, 0.2) is 0 Å². The van der Waals surface area contributed by atoms with Crippen LogP contribution in [0.5, 0.6) is 0 Å². The monoisotopic (exact) mass is 355 g/mol. The minimum absolute atomic E-state index is 0.0289. The molecular formula is C21H29N3O2. The minimum Gasteiger partial charge on any atom is -0.349 e. The molecule has 2 amide bonds. The number of fused-ring (bicyclic) bond motifs is 2. The summed E-state index contributed by atoms with van der Waals surface area (Å²) in [4.78, 5) is 31.5. The van der Waals surface area contributed by atoms with Gasteiger partial charge in [-0.2, -0.15) is 0 Å². The van der Waals surface area contributed by atoms with Crippen LogP contribution in [0.25, 0.3) is 0 Å². The van der Waals surface area contributed by atoms with Crippen molar-refractivity contribution in [2.75, 3.05) is 0 Å². The summed E-state index contributed by atoms with van der Waals surface area (Å²) in [6, 6.07) is 4.28. The summed E-state index contributed by atoms with van der Waals surface area (Å²) < 4.78 is 0. The highest BCUT2D eigenvalue weighted by atomic mass is 16.2. The molecule has 1 unspecified atom stereocenters. The van der Waals surface area contributed by atoms with Crippen molar-refractivity contribution >= 4 is 11.8 Å². The van der Waals surface area contributed by atoms with Crippen molar-refractivity contribution in [2.45, 2.75) is 82.3 Å². The van der Waals surface area contributed by atoms with Crippen LogP contribution in [0.4, 0.5) is 0 Å². The normalized spacial score (nSPS) is 28.8. The molecule has 2 saturated heterocycles. The summed E-state index contributed by atoms with van der Waals surface area (Å²) in [7, 11) is 0. The van der Waals surface area contributed by atoms with E-state index in [0.29, 0.717) is 29.5 Å². The molecular weight excluding hydrogens is 326 g/mol. The lowest BCUT2D eigenvalue weighted by Gasteiger charge is -2.40. The first kappa shape index (κ1) is 17.5. The summed E-state index contributed by atoms with van der Waals surface area (Å²) in [6.07, 6.45) is 14.3. The van der Waals surface area contributed by atoms with E-state index in [2.05, 4.69) is 15.2 Å². The maximum atomic E-state index is 12.9. The second kappa shape index (κ2) is 7.77. The Morgan fingerprint density at radius 1 is 1.00 bits per heavy atom. The van der Waals surface area contributed by atoms with Gasteiger partial charge in [-0.25, -0.2) is 0 Å². The molecule has 5 nitrogen and oxygen atoms in total. The summed E-state index contributed by atoms with van der Waals surface area (Å²) in [6.45, 7) is 0. The lowest BCUT2D eigenvalue weighted by molar-refractivity contribution is -0.137. The van der Waals surface area contributed by atoms with E-state index >= 15 is 0 Å². The molecule has 2 aliphatic heterocycles. The SMILES string of the molecule is O=C(NC1C[C@H]2CC[C@@H](C1)N2C(=O)CC1CCCCC1)c1ccncc1. The first-order valence-electron chi connectivity index (χ1n) is 10.2. The third kappa shape index (κ3) is 3.76. The molecule has 0 radical (unpaired) electrons. The first-order valence-corrected chi connectivity index (χ1v) is 10.2. The van der Waals surface area contributed by atoms with E-state index in [1.165, 1.54) is 32.1 Å². The summed E-state index contributed by atoms with van der Waals surface area (Å²) in [5.74, 6) is 0.932. The van der Waals surface area contributed by atoms with Gasteiger partial charge in [0.25, 0.3) is 5.91 Å². The van der Waals surface area contributed by atoms with E-state index in [1.807, 2.05) is 0 Å². The fourth-order valence-electron chi connectivity index (χ4n) is 5.22. The molecule has 1 aromatic rings. The predicted molar refractivity (Wildman–Crippen MR) is 99.6 cm³/mol. The summed E-state index contributed by atoms with van der Waals surface area (Å²) >= 11 is 0. The number of pyridine rings is 1. The highest BCUT2D eigenvalue weighted by Gasteiger charge is 2.43. The number of carbonyl (C=O) groups is 2. The van der Waals surface area contributed by atoms with Crippen LogP contribution in [0.3, 0.4) is 0 Å². The average molecular weight is 355 g/mol. The van der Waals surface area contributed by atoms with Gasteiger partial charge in [-0.05, 0) is 56.6 Å². The van der Waals surface area contributed by atoms with Gasteiger partial charge < -0.3 is 10.2 Å². The molecule has 3 aliphatic rings. The molecule has 2 bridgehead atoms. The Hall–Kier alpha value is -1.91. The van der Waals surface area contributed by atoms with Crippen molar-refractivity contribution in [3.05, 3.63) is 30.1 Å². The molecule has 1 N–H and O–H groups in total. The number of amides is 2. The summed E-state index contributed by atoms with van der Waals surface area (Å²) in [5.41, 5.74) is 0.656. The molecule has 0 aromatic carbocycles. The Labute approximate surface area is 155 Å². The Morgan fingerprint density at radius 2 is 1.65 bits per heavy atom. The van der Waals surface area contributed by atoms with Gasteiger partial charge in [-0.15, -0.1) is 0 Å². The number of hydrogen-bond acceptors (Lipinski definition) is 3. The van der Waals surface area contributed by atoms with Gasteiger partial charge in [-0.3, -0.25) is 14.6 Å². The standard InChI is InChI=1S/C21H29N3O2/c25-20(12-15-4-2-1-3-5-15)24-18-6-7-19(24)14-17(13-18)23-21(26)16-8-10-22-11-9-16/h8-11,15,17-19H,1-7,12-14H2,(H,23,26)/t17?,18-,19+. The molecule has 4 rings (SSSR count). The quantitative estimate of drug-likeness (QED) is 0.901. The van der Waals surface area contributed by atoms with Crippen molar-refractivity contribution in [2.24, 2.45) is 5.92 Å². The van der Waals surface area contributed by atoms with Gasteiger partial charge >= 0.3 is 0 Å². The maximum Gasteiger partial charge on any atom is 0.251 e. The van der Waals surface area contributed by atoms with Crippen molar-refractivity contribution in [3.8, 4) is 0 Å². The van der Waals surface area contributed by atoms with Crippen molar-refractivity contribution < 1.29 is 9.59 Å².